The number of carbonyl (C=O) groups excluding carboxylic acids is 1. The number of hydrogen-bond donors (Lipinski definition) is 2. The lowest BCUT2D eigenvalue weighted by atomic mass is 10.1. The Balaban J connectivity index is 1.67. The first-order valence-electron chi connectivity index (χ1n) is 7.56. The molecule has 0 fully saturated rings. The molecule has 0 radical (unpaired) electrons. The van der Waals surface area contributed by atoms with Crippen molar-refractivity contribution >= 4 is 23.3 Å². The van der Waals surface area contributed by atoms with E-state index in [1.807, 2.05) is 30.3 Å². The molecular formula is C18H15ClN4O2. The number of benzene rings is 2. The molecule has 0 bridgehead atoms. The molecule has 126 valence electrons. The molecular weight excluding hydrogens is 340 g/mol. The van der Waals surface area contributed by atoms with Crippen LogP contribution in [0.5, 0.6) is 0 Å². The third-order valence-electron chi connectivity index (χ3n) is 3.43. The van der Waals surface area contributed by atoms with E-state index in [1.165, 1.54) is 10.7 Å². The van der Waals surface area contributed by atoms with Crippen molar-refractivity contribution < 1.29 is 4.79 Å². The summed E-state index contributed by atoms with van der Waals surface area (Å²) in [5.74, 6) is 0. The van der Waals surface area contributed by atoms with E-state index in [9.17, 15) is 9.59 Å². The molecule has 7 heteroatoms. The summed E-state index contributed by atoms with van der Waals surface area (Å²) in [5, 5.41) is 10.1. The lowest BCUT2D eigenvalue weighted by Crippen LogP contribution is -2.35. The number of rotatable bonds is 4. The number of aromatic nitrogens is 2. The highest BCUT2D eigenvalue weighted by Crippen LogP contribution is 2.14. The molecule has 1 aromatic heterocycles. The summed E-state index contributed by atoms with van der Waals surface area (Å²) in [7, 11) is 0. The topological polar surface area (TPSA) is 76.0 Å². The van der Waals surface area contributed by atoms with Crippen LogP contribution in [0.3, 0.4) is 0 Å². The third-order valence-corrected chi connectivity index (χ3v) is 3.68. The van der Waals surface area contributed by atoms with Crippen molar-refractivity contribution in [1.29, 1.82) is 0 Å². The van der Waals surface area contributed by atoms with E-state index in [0.717, 1.165) is 5.56 Å². The normalized spacial score (nSPS) is 10.3. The van der Waals surface area contributed by atoms with Crippen LogP contribution in [-0.4, -0.2) is 15.8 Å². The second kappa shape index (κ2) is 7.63. The molecule has 3 aromatic rings. The molecule has 0 unspecified atom stereocenters. The first kappa shape index (κ1) is 16.7. The van der Waals surface area contributed by atoms with E-state index in [0.29, 0.717) is 16.4 Å². The average Bonchev–Trinajstić information content (AvgIpc) is 2.64. The summed E-state index contributed by atoms with van der Waals surface area (Å²) in [6, 6.07) is 18.8. The smallest absolute Gasteiger partial charge is 0.318 e. The number of hydrogen-bond acceptors (Lipinski definition) is 3. The van der Waals surface area contributed by atoms with Crippen molar-refractivity contribution in [3.63, 3.8) is 0 Å². The van der Waals surface area contributed by atoms with Gasteiger partial charge >= 0.3 is 6.03 Å². The number of amides is 2. The summed E-state index contributed by atoms with van der Waals surface area (Å²) < 4.78 is 1.20. The van der Waals surface area contributed by atoms with Gasteiger partial charge in [0.15, 0.2) is 0 Å². The minimum atomic E-state index is -0.443. The summed E-state index contributed by atoms with van der Waals surface area (Å²) >= 11 is 5.80. The van der Waals surface area contributed by atoms with Crippen LogP contribution in [0.1, 0.15) is 0 Å². The van der Waals surface area contributed by atoms with E-state index in [1.54, 1.807) is 30.3 Å². The van der Waals surface area contributed by atoms with Gasteiger partial charge in [0.05, 0.1) is 5.69 Å². The molecule has 1 heterocycles. The molecule has 3 rings (SSSR count). The molecule has 2 amide bonds. The molecule has 0 aliphatic carbocycles. The fourth-order valence-electron chi connectivity index (χ4n) is 2.18. The summed E-state index contributed by atoms with van der Waals surface area (Å²) in [4.78, 5) is 23.9. The molecule has 25 heavy (non-hydrogen) atoms. The molecule has 2 aromatic carbocycles. The summed E-state index contributed by atoms with van der Waals surface area (Å²) in [6.07, 6.45) is 0. The van der Waals surface area contributed by atoms with Crippen molar-refractivity contribution in [2.24, 2.45) is 0 Å². The Morgan fingerprint density at radius 1 is 1.00 bits per heavy atom. The van der Waals surface area contributed by atoms with Gasteiger partial charge in [-0.15, -0.1) is 0 Å². The van der Waals surface area contributed by atoms with Crippen molar-refractivity contribution in [1.82, 2.24) is 15.1 Å². The van der Waals surface area contributed by atoms with Gasteiger partial charge in [-0.05, 0) is 30.3 Å². The predicted molar refractivity (Wildman–Crippen MR) is 97.5 cm³/mol. The van der Waals surface area contributed by atoms with Gasteiger partial charge in [0.2, 0.25) is 0 Å². The van der Waals surface area contributed by atoms with E-state index in [-0.39, 0.29) is 12.2 Å². The van der Waals surface area contributed by atoms with Crippen LogP contribution in [0.2, 0.25) is 5.02 Å². The Kier molecular flexibility index (Phi) is 5.11. The van der Waals surface area contributed by atoms with Gasteiger partial charge in [0, 0.05) is 22.3 Å². The highest BCUT2D eigenvalue weighted by Gasteiger charge is 2.05. The second-order valence-corrected chi connectivity index (χ2v) is 5.65. The molecule has 0 saturated heterocycles. The maximum Gasteiger partial charge on any atom is 0.320 e. The fraction of sp³-hybridized carbons (Fsp3) is 0.0556. The summed E-state index contributed by atoms with van der Waals surface area (Å²) in [6.45, 7) is -0.0427. The Labute approximate surface area is 149 Å². The minimum Gasteiger partial charge on any atom is -0.318 e. The van der Waals surface area contributed by atoms with Gasteiger partial charge < -0.3 is 10.6 Å². The second-order valence-electron chi connectivity index (χ2n) is 5.22. The first-order chi connectivity index (χ1) is 12.1. The first-order valence-corrected chi connectivity index (χ1v) is 7.93. The lowest BCUT2D eigenvalue weighted by molar-refractivity contribution is 0.248. The van der Waals surface area contributed by atoms with Crippen molar-refractivity contribution in [2.75, 3.05) is 5.32 Å². The number of halogens is 1. The Morgan fingerprint density at radius 3 is 2.44 bits per heavy atom. The highest BCUT2D eigenvalue weighted by molar-refractivity contribution is 6.30. The van der Waals surface area contributed by atoms with Gasteiger partial charge in [0.1, 0.15) is 6.67 Å². The van der Waals surface area contributed by atoms with Crippen LogP contribution in [-0.2, 0) is 6.67 Å². The number of urea groups is 1. The Hall–Kier alpha value is -3.12. The lowest BCUT2D eigenvalue weighted by Gasteiger charge is -2.10. The Bertz CT molecular complexity index is 924. The standard InChI is InChI=1S/C18H15ClN4O2/c19-14-6-8-15(9-7-14)21-18(25)20-12-23-17(24)11-10-16(22-23)13-4-2-1-3-5-13/h1-11H,12H2,(H2,20,21,25). The molecule has 6 nitrogen and oxygen atoms in total. The zero-order valence-corrected chi connectivity index (χ0v) is 13.9. The molecule has 0 atom stereocenters. The molecule has 0 aliphatic rings. The number of carbonyl (C=O) groups is 1. The van der Waals surface area contributed by atoms with Gasteiger partial charge in [-0.25, -0.2) is 9.48 Å². The predicted octanol–water partition coefficient (Wildman–Crippen LogP) is 3.34. The molecule has 2 N–H and O–H groups in total. The maximum absolute atomic E-state index is 11.9. The van der Waals surface area contributed by atoms with E-state index in [4.69, 9.17) is 11.6 Å². The van der Waals surface area contributed by atoms with Crippen LogP contribution < -0.4 is 16.2 Å². The van der Waals surface area contributed by atoms with Crippen LogP contribution in [0, 0.1) is 0 Å². The number of nitrogens with zero attached hydrogens (tertiary/aromatic N) is 2. The third kappa shape index (κ3) is 4.45. The number of nitrogens with one attached hydrogen (secondary N) is 2. The van der Waals surface area contributed by atoms with Gasteiger partial charge in [-0.3, -0.25) is 4.79 Å². The van der Waals surface area contributed by atoms with Crippen molar-refractivity contribution in [3.8, 4) is 11.3 Å². The van der Waals surface area contributed by atoms with Gasteiger partial charge in [-0.1, -0.05) is 41.9 Å². The van der Waals surface area contributed by atoms with Crippen molar-refractivity contribution in [3.05, 3.63) is 82.1 Å². The van der Waals surface area contributed by atoms with E-state index in [2.05, 4.69) is 15.7 Å². The van der Waals surface area contributed by atoms with E-state index < -0.39 is 6.03 Å². The quantitative estimate of drug-likeness (QED) is 0.754. The highest BCUT2D eigenvalue weighted by atomic mass is 35.5. The molecule has 0 saturated carbocycles. The minimum absolute atomic E-state index is 0.0427. The van der Waals surface area contributed by atoms with Gasteiger partial charge in [0.25, 0.3) is 5.56 Å². The van der Waals surface area contributed by atoms with Crippen LogP contribution in [0.25, 0.3) is 11.3 Å². The molecule has 0 spiro atoms. The van der Waals surface area contributed by atoms with Crippen LogP contribution >= 0.6 is 11.6 Å². The number of anilines is 1. The largest absolute Gasteiger partial charge is 0.320 e. The zero-order valence-electron chi connectivity index (χ0n) is 13.1. The van der Waals surface area contributed by atoms with Crippen LogP contribution in [0.4, 0.5) is 10.5 Å². The fourth-order valence-corrected chi connectivity index (χ4v) is 2.31. The Morgan fingerprint density at radius 2 is 1.72 bits per heavy atom. The molecule has 0 aliphatic heterocycles. The van der Waals surface area contributed by atoms with E-state index >= 15 is 0 Å². The zero-order chi connectivity index (χ0) is 17.6. The van der Waals surface area contributed by atoms with Crippen LogP contribution in [0.15, 0.2) is 71.5 Å². The monoisotopic (exact) mass is 354 g/mol. The van der Waals surface area contributed by atoms with Gasteiger partial charge in [-0.2, -0.15) is 5.10 Å². The summed E-state index contributed by atoms with van der Waals surface area (Å²) in [5.41, 5.74) is 1.84. The van der Waals surface area contributed by atoms with Crippen molar-refractivity contribution in [2.45, 2.75) is 6.67 Å². The SMILES string of the molecule is O=C(NCn1nc(-c2ccccc2)ccc1=O)Nc1ccc(Cl)cc1. The maximum atomic E-state index is 11.9. The average molecular weight is 355 g/mol.